The van der Waals surface area contributed by atoms with Crippen molar-refractivity contribution in [1.82, 2.24) is 9.97 Å². The number of aromatic nitrogens is 2. The lowest BCUT2D eigenvalue weighted by atomic mass is 9.84. The summed E-state index contributed by atoms with van der Waals surface area (Å²) in [6.07, 6.45) is 17.1. The highest BCUT2D eigenvalue weighted by Gasteiger charge is 2.20. The Morgan fingerprint density at radius 3 is 1.65 bits per heavy atom. The summed E-state index contributed by atoms with van der Waals surface area (Å²) in [5.41, 5.74) is 7.74. The molecule has 2 heteroatoms. The number of nitrogens with zero attached hydrogens (tertiary/aromatic N) is 2. The maximum absolute atomic E-state index is 4.55. The quantitative estimate of drug-likeness (QED) is 0.696. The van der Waals surface area contributed by atoms with Crippen LogP contribution in [0.1, 0.15) is 48.9 Å². The van der Waals surface area contributed by atoms with Crippen molar-refractivity contribution >= 4 is 23.2 Å². The van der Waals surface area contributed by atoms with Gasteiger partial charge >= 0.3 is 0 Å². The van der Waals surface area contributed by atoms with Gasteiger partial charge in [0.25, 0.3) is 0 Å². The molecular formula is C18H20N2. The highest BCUT2D eigenvalue weighted by atomic mass is 14.8. The van der Waals surface area contributed by atoms with Crippen molar-refractivity contribution in [2.45, 2.75) is 39.5 Å². The Morgan fingerprint density at radius 2 is 1.20 bits per heavy atom. The molecule has 0 atom stereocenters. The zero-order valence-corrected chi connectivity index (χ0v) is 12.2. The minimum Gasteiger partial charge on any atom is -0.252 e. The third-order valence-corrected chi connectivity index (χ3v) is 3.91. The Morgan fingerprint density at radius 1 is 0.750 bits per heavy atom. The van der Waals surface area contributed by atoms with Gasteiger partial charge in [0.05, 0.1) is 11.0 Å². The number of rotatable bonds is 0. The molecule has 0 radical (unpaired) electrons. The first-order valence-electron chi connectivity index (χ1n) is 7.56. The Hall–Kier alpha value is -1.96. The van der Waals surface area contributed by atoms with E-state index in [4.69, 9.17) is 0 Å². The van der Waals surface area contributed by atoms with Gasteiger partial charge in [0.1, 0.15) is 0 Å². The monoisotopic (exact) mass is 264 g/mol. The molecule has 0 N–H and O–H groups in total. The molecule has 4 rings (SSSR count). The van der Waals surface area contributed by atoms with Crippen LogP contribution >= 0.6 is 0 Å². The number of benzene rings is 1. The molecule has 0 unspecified atom stereocenters. The molecule has 0 fully saturated rings. The van der Waals surface area contributed by atoms with Gasteiger partial charge in [0, 0.05) is 23.5 Å². The van der Waals surface area contributed by atoms with Crippen molar-refractivity contribution in [1.29, 1.82) is 0 Å². The number of hydrogen-bond acceptors (Lipinski definition) is 2. The fourth-order valence-corrected chi connectivity index (χ4v) is 3.13. The van der Waals surface area contributed by atoms with Crippen molar-refractivity contribution in [2.75, 3.05) is 0 Å². The first-order valence-corrected chi connectivity index (χ1v) is 7.56. The van der Waals surface area contributed by atoms with Gasteiger partial charge < -0.3 is 0 Å². The highest BCUT2D eigenvalue weighted by Crippen LogP contribution is 2.35. The second kappa shape index (κ2) is 5.58. The summed E-state index contributed by atoms with van der Waals surface area (Å²) in [6.45, 7) is 4.00. The standard InChI is InChI=1S/C16H14N2.C2H6/c1-3-7-13-11(5-1)12-6-2-4-8-14(12)16-15(13)17-9-10-18-16;1-2/h3-4,7-10H,1-2,5-6H2;1-2H3. The van der Waals surface area contributed by atoms with Crippen molar-refractivity contribution < 1.29 is 0 Å². The van der Waals surface area contributed by atoms with Gasteiger partial charge in [0.2, 0.25) is 0 Å². The molecule has 1 aromatic carbocycles. The van der Waals surface area contributed by atoms with Crippen LogP contribution in [0.2, 0.25) is 0 Å². The van der Waals surface area contributed by atoms with Crippen LogP contribution in [-0.4, -0.2) is 9.97 Å². The molecule has 0 saturated heterocycles. The summed E-state index contributed by atoms with van der Waals surface area (Å²) in [6, 6.07) is 0. The van der Waals surface area contributed by atoms with E-state index in [0.29, 0.717) is 0 Å². The van der Waals surface area contributed by atoms with E-state index >= 15 is 0 Å². The van der Waals surface area contributed by atoms with Gasteiger partial charge in [-0.25, -0.2) is 0 Å². The van der Waals surface area contributed by atoms with E-state index in [-0.39, 0.29) is 0 Å². The third kappa shape index (κ3) is 1.96. The van der Waals surface area contributed by atoms with Crippen LogP contribution in [0.25, 0.3) is 23.2 Å². The van der Waals surface area contributed by atoms with Gasteiger partial charge in [-0.2, -0.15) is 0 Å². The summed E-state index contributed by atoms with van der Waals surface area (Å²) < 4.78 is 0. The first-order chi connectivity index (χ1) is 9.95. The summed E-state index contributed by atoms with van der Waals surface area (Å²) in [4.78, 5) is 9.11. The maximum atomic E-state index is 4.55. The SMILES string of the molecule is C1=Cc2c(c3c(c4nccnc24)C=CCC3)CC1.CC. The van der Waals surface area contributed by atoms with Gasteiger partial charge in [-0.1, -0.05) is 38.2 Å². The second-order valence-corrected chi connectivity index (χ2v) is 4.92. The molecule has 0 spiro atoms. The molecule has 2 aliphatic rings. The molecule has 0 saturated carbocycles. The average Bonchev–Trinajstić information content (AvgIpc) is 2.57. The molecule has 1 heterocycles. The van der Waals surface area contributed by atoms with E-state index in [1.54, 1.807) is 12.4 Å². The molecule has 2 nitrogen and oxygen atoms in total. The zero-order valence-electron chi connectivity index (χ0n) is 12.2. The van der Waals surface area contributed by atoms with Crippen molar-refractivity contribution in [3.8, 4) is 0 Å². The smallest absolute Gasteiger partial charge is 0.0968 e. The summed E-state index contributed by atoms with van der Waals surface area (Å²) in [5, 5.41) is 0. The Labute approximate surface area is 120 Å². The van der Waals surface area contributed by atoms with Crippen LogP contribution < -0.4 is 0 Å². The van der Waals surface area contributed by atoms with E-state index in [1.165, 1.54) is 22.3 Å². The van der Waals surface area contributed by atoms with Gasteiger partial charge in [0.15, 0.2) is 0 Å². The summed E-state index contributed by atoms with van der Waals surface area (Å²) in [5.74, 6) is 0. The van der Waals surface area contributed by atoms with Crippen LogP contribution in [-0.2, 0) is 12.8 Å². The number of hydrogen-bond donors (Lipinski definition) is 0. The molecule has 20 heavy (non-hydrogen) atoms. The predicted octanol–water partition coefficient (Wildman–Crippen LogP) is 4.57. The number of allylic oxidation sites excluding steroid dienone is 2. The largest absolute Gasteiger partial charge is 0.252 e. The topological polar surface area (TPSA) is 25.8 Å². The van der Waals surface area contributed by atoms with E-state index in [9.17, 15) is 0 Å². The van der Waals surface area contributed by atoms with E-state index in [1.807, 2.05) is 13.8 Å². The highest BCUT2D eigenvalue weighted by molar-refractivity contribution is 5.94. The van der Waals surface area contributed by atoms with Crippen LogP contribution in [0.5, 0.6) is 0 Å². The van der Waals surface area contributed by atoms with Crippen LogP contribution in [0.15, 0.2) is 24.5 Å². The third-order valence-electron chi connectivity index (χ3n) is 3.91. The Kier molecular flexibility index (Phi) is 3.64. The number of fused-ring (bicyclic) bond motifs is 6. The summed E-state index contributed by atoms with van der Waals surface area (Å²) >= 11 is 0. The lowest BCUT2D eigenvalue weighted by Crippen LogP contribution is -2.08. The van der Waals surface area contributed by atoms with Crippen molar-refractivity contribution in [3.05, 3.63) is 46.8 Å². The van der Waals surface area contributed by atoms with E-state index < -0.39 is 0 Å². The van der Waals surface area contributed by atoms with E-state index in [2.05, 4.69) is 34.3 Å². The molecule has 2 aliphatic carbocycles. The van der Waals surface area contributed by atoms with Crippen molar-refractivity contribution in [2.24, 2.45) is 0 Å². The van der Waals surface area contributed by atoms with Crippen LogP contribution in [0, 0.1) is 0 Å². The molecule has 0 amide bonds. The fraction of sp³-hybridized carbons (Fsp3) is 0.333. The normalized spacial score (nSPS) is 15.3. The molecule has 0 aliphatic heterocycles. The van der Waals surface area contributed by atoms with Gasteiger partial charge in [-0.15, -0.1) is 0 Å². The predicted molar refractivity (Wildman–Crippen MR) is 85.6 cm³/mol. The van der Waals surface area contributed by atoms with Crippen molar-refractivity contribution in [3.63, 3.8) is 0 Å². The lowest BCUT2D eigenvalue weighted by Gasteiger charge is -2.22. The van der Waals surface area contributed by atoms with Gasteiger partial charge in [-0.05, 0) is 36.8 Å². The summed E-state index contributed by atoms with van der Waals surface area (Å²) in [7, 11) is 0. The average molecular weight is 264 g/mol. The molecule has 0 bridgehead atoms. The first kappa shape index (κ1) is 13.0. The minimum absolute atomic E-state index is 1.06. The minimum atomic E-state index is 1.06. The second-order valence-electron chi connectivity index (χ2n) is 4.92. The van der Waals surface area contributed by atoms with Crippen LogP contribution in [0.3, 0.4) is 0 Å². The van der Waals surface area contributed by atoms with Gasteiger partial charge in [-0.3, -0.25) is 9.97 Å². The Bertz CT molecular complexity index is 636. The lowest BCUT2D eigenvalue weighted by molar-refractivity contribution is 0.908. The van der Waals surface area contributed by atoms with Crippen LogP contribution in [0.4, 0.5) is 0 Å². The Balaban J connectivity index is 0.000000581. The van der Waals surface area contributed by atoms with E-state index in [0.717, 1.165) is 36.7 Å². The molecular weight excluding hydrogens is 244 g/mol. The molecule has 1 aromatic heterocycles. The fourth-order valence-electron chi connectivity index (χ4n) is 3.13. The maximum Gasteiger partial charge on any atom is 0.0968 e. The molecule has 102 valence electrons. The molecule has 2 aromatic rings. The zero-order chi connectivity index (χ0) is 13.9.